The third-order valence-corrected chi connectivity index (χ3v) is 4.44. The summed E-state index contributed by atoms with van der Waals surface area (Å²) in [7, 11) is -3.80. The molecule has 1 aromatic carbocycles. The van der Waals surface area contributed by atoms with E-state index in [9.17, 15) is 18.0 Å². The zero-order valence-corrected chi connectivity index (χ0v) is 13.6. The molecule has 0 aliphatic heterocycles. The Kier molecular flexibility index (Phi) is 5.90. The SMILES string of the molecule is C#CCNS(=O)(=O)c1cccc(C(=O)NCC(C)(C)C(=O)O)c1. The Labute approximate surface area is 135 Å². The molecule has 0 spiro atoms. The maximum atomic E-state index is 12.1. The van der Waals surface area contributed by atoms with Gasteiger partial charge in [0, 0.05) is 12.1 Å². The van der Waals surface area contributed by atoms with Crippen LogP contribution in [-0.2, 0) is 14.8 Å². The van der Waals surface area contributed by atoms with Crippen LogP contribution in [0.5, 0.6) is 0 Å². The molecule has 0 fully saturated rings. The van der Waals surface area contributed by atoms with Crippen molar-refractivity contribution in [3.05, 3.63) is 29.8 Å². The van der Waals surface area contributed by atoms with Crippen LogP contribution in [0, 0.1) is 17.8 Å². The molecule has 3 N–H and O–H groups in total. The van der Waals surface area contributed by atoms with Gasteiger partial charge < -0.3 is 10.4 Å². The lowest BCUT2D eigenvalue weighted by Gasteiger charge is -2.19. The molecule has 1 rings (SSSR count). The molecular formula is C15H18N2O5S. The van der Waals surface area contributed by atoms with Crippen molar-refractivity contribution in [3.8, 4) is 12.3 Å². The molecule has 8 heteroatoms. The van der Waals surface area contributed by atoms with Crippen LogP contribution >= 0.6 is 0 Å². The average Bonchev–Trinajstić information content (AvgIpc) is 2.50. The van der Waals surface area contributed by atoms with E-state index in [0.29, 0.717) is 0 Å². The second-order valence-electron chi connectivity index (χ2n) is 5.43. The van der Waals surface area contributed by atoms with Crippen molar-refractivity contribution in [2.75, 3.05) is 13.1 Å². The van der Waals surface area contributed by atoms with Crippen LogP contribution in [0.4, 0.5) is 0 Å². The quantitative estimate of drug-likeness (QED) is 0.625. The fourth-order valence-corrected chi connectivity index (χ4v) is 2.48. The number of terminal acetylenes is 1. The predicted molar refractivity (Wildman–Crippen MR) is 84.2 cm³/mol. The predicted octanol–water partition coefficient (Wildman–Crippen LogP) is 0.439. The van der Waals surface area contributed by atoms with Gasteiger partial charge in [-0.25, -0.2) is 8.42 Å². The van der Waals surface area contributed by atoms with E-state index in [1.807, 2.05) is 0 Å². The second kappa shape index (κ2) is 7.26. The number of hydrogen-bond acceptors (Lipinski definition) is 4. The highest BCUT2D eigenvalue weighted by Gasteiger charge is 2.27. The van der Waals surface area contributed by atoms with Gasteiger partial charge in [0.15, 0.2) is 0 Å². The van der Waals surface area contributed by atoms with Crippen LogP contribution in [-0.4, -0.2) is 38.5 Å². The van der Waals surface area contributed by atoms with Gasteiger partial charge in [-0.05, 0) is 32.0 Å². The van der Waals surface area contributed by atoms with Crippen molar-refractivity contribution >= 4 is 21.9 Å². The van der Waals surface area contributed by atoms with Gasteiger partial charge in [-0.15, -0.1) is 6.42 Å². The van der Waals surface area contributed by atoms with Crippen LogP contribution in [0.1, 0.15) is 24.2 Å². The standard InChI is InChI=1S/C15H18N2O5S/c1-4-8-17-23(21,22)12-7-5-6-11(9-12)13(18)16-10-15(2,3)14(19)20/h1,5-7,9,17H,8,10H2,2-3H3,(H,16,18)(H,19,20). The van der Waals surface area contributed by atoms with Crippen LogP contribution in [0.25, 0.3) is 0 Å². The lowest BCUT2D eigenvalue weighted by atomic mass is 9.94. The molecule has 0 radical (unpaired) electrons. The van der Waals surface area contributed by atoms with E-state index in [2.05, 4.69) is 16.0 Å². The zero-order chi connectivity index (χ0) is 17.7. The van der Waals surface area contributed by atoms with Crippen LogP contribution in [0.2, 0.25) is 0 Å². The van der Waals surface area contributed by atoms with Gasteiger partial charge in [0.1, 0.15) is 0 Å². The first kappa shape index (κ1) is 18.7. The fourth-order valence-electron chi connectivity index (χ4n) is 1.50. The molecule has 0 unspecified atom stereocenters. The molecule has 1 aromatic rings. The molecule has 1 amide bonds. The van der Waals surface area contributed by atoms with E-state index < -0.39 is 27.3 Å². The smallest absolute Gasteiger partial charge is 0.310 e. The summed E-state index contributed by atoms with van der Waals surface area (Å²) in [6, 6.07) is 5.38. The lowest BCUT2D eigenvalue weighted by molar-refractivity contribution is -0.146. The molecule has 0 aliphatic carbocycles. The van der Waals surface area contributed by atoms with Gasteiger partial charge in [0.2, 0.25) is 10.0 Å². The Morgan fingerprint density at radius 2 is 2.00 bits per heavy atom. The first-order valence-corrected chi connectivity index (χ1v) is 8.13. The first-order valence-electron chi connectivity index (χ1n) is 6.65. The number of amides is 1. The molecule has 7 nitrogen and oxygen atoms in total. The third kappa shape index (κ3) is 5.09. The third-order valence-electron chi connectivity index (χ3n) is 3.04. The first-order chi connectivity index (χ1) is 10.6. The lowest BCUT2D eigenvalue weighted by Crippen LogP contribution is -2.39. The number of carboxylic acids is 1. The summed E-state index contributed by atoms with van der Waals surface area (Å²) in [4.78, 5) is 23.0. The summed E-state index contributed by atoms with van der Waals surface area (Å²) in [5, 5.41) is 11.5. The fraction of sp³-hybridized carbons (Fsp3) is 0.333. The van der Waals surface area contributed by atoms with Crippen molar-refractivity contribution in [1.82, 2.24) is 10.0 Å². The molecule has 0 aromatic heterocycles. The largest absolute Gasteiger partial charge is 0.481 e. The van der Waals surface area contributed by atoms with Gasteiger partial charge >= 0.3 is 5.97 Å². The van der Waals surface area contributed by atoms with Crippen LogP contribution in [0.15, 0.2) is 29.2 Å². The number of nitrogens with one attached hydrogen (secondary N) is 2. The van der Waals surface area contributed by atoms with Gasteiger partial charge in [0.25, 0.3) is 5.91 Å². The van der Waals surface area contributed by atoms with Crippen molar-refractivity contribution in [2.24, 2.45) is 5.41 Å². The minimum atomic E-state index is -3.80. The summed E-state index contributed by atoms with van der Waals surface area (Å²) in [5.41, 5.74) is -1.02. The van der Waals surface area contributed by atoms with Crippen molar-refractivity contribution < 1.29 is 23.1 Å². The zero-order valence-electron chi connectivity index (χ0n) is 12.8. The Balaban J connectivity index is 2.91. The summed E-state index contributed by atoms with van der Waals surface area (Å²) in [6.45, 7) is 2.69. The van der Waals surface area contributed by atoms with E-state index >= 15 is 0 Å². The molecular weight excluding hydrogens is 320 g/mol. The van der Waals surface area contributed by atoms with E-state index in [4.69, 9.17) is 11.5 Å². The highest BCUT2D eigenvalue weighted by atomic mass is 32.2. The monoisotopic (exact) mass is 338 g/mol. The number of carbonyl (C=O) groups excluding carboxylic acids is 1. The average molecular weight is 338 g/mol. The molecule has 0 saturated carbocycles. The summed E-state index contributed by atoms with van der Waals surface area (Å²) >= 11 is 0. The van der Waals surface area contributed by atoms with E-state index in [-0.39, 0.29) is 23.5 Å². The molecule has 0 atom stereocenters. The summed E-state index contributed by atoms with van der Waals surface area (Å²) in [5.74, 6) is 0.543. The summed E-state index contributed by atoms with van der Waals surface area (Å²) in [6.07, 6.45) is 5.01. The van der Waals surface area contributed by atoms with Gasteiger partial charge in [0.05, 0.1) is 16.9 Å². The van der Waals surface area contributed by atoms with Gasteiger partial charge in [-0.2, -0.15) is 4.72 Å². The number of aliphatic carboxylic acids is 1. The van der Waals surface area contributed by atoms with Crippen molar-refractivity contribution in [2.45, 2.75) is 18.7 Å². The number of benzene rings is 1. The maximum absolute atomic E-state index is 12.1. The Morgan fingerprint density at radius 3 is 2.57 bits per heavy atom. The summed E-state index contributed by atoms with van der Waals surface area (Å²) < 4.78 is 26.1. The van der Waals surface area contributed by atoms with E-state index in [1.165, 1.54) is 38.1 Å². The van der Waals surface area contributed by atoms with E-state index in [0.717, 1.165) is 0 Å². The number of hydrogen-bond donors (Lipinski definition) is 3. The van der Waals surface area contributed by atoms with Crippen LogP contribution in [0.3, 0.4) is 0 Å². The minimum absolute atomic E-state index is 0.0898. The number of carbonyl (C=O) groups is 2. The van der Waals surface area contributed by atoms with Crippen LogP contribution < -0.4 is 10.0 Å². The number of sulfonamides is 1. The second-order valence-corrected chi connectivity index (χ2v) is 7.20. The van der Waals surface area contributed by atoms with Gasteiger partial charge in [-0.1, -0.05) is 12.0 Å². The van der Waals surface area contributed by atoms with E-state index in [1.54, 1.807) is 0 Å². The van der Waals surface area contributed by atoms with Crippen molar-refractivity contribution in [1.29, 1.82) is 0 Å². The highest BCUT2D eigenvalue weighted by Crippen LogP contribution is 2.15. The van der Waals surface area contributed by atoms with Gasteiger partial charge in [-0.3, -0.25) is 9.59 Å². The number of rotatable bonds is 7. The number of carboxylic acid groups (broad SMARTS) is 1. The molecule has 0 bridgehead atoms. The molecule has 23 heavy (non-hydrogen) atoms. The molecule has 0 aliphatic rings. The molecule has 0 saturated heterocycles. The normalized spacial score (nSPS) is 11.5. The molecule has 0 heterocycles. The van der Waals surface area contributed by atoms with Crippen molar-refractivity contribution in [3.63, 3.8) is 0 Å². The topological polar surface area (TPSA) is 113 Å². The Morgan fingerprint density at radius 1 is 1.35 bits per heavy atom. The Bertz CT molecular complexity index is 747. The maximum Gasteiger partial charge on any atom is 0.310 e. The molecule has 124 valence electrons. The Hall–Kier alpha value is -2.37. The minimum Gasteiger partial charge on any atom is -0.481 e. The highest BCUT2D eigenvalue weighted by molar-refractivity contribution is 7.89.